The molecule has 0 N–H and O–H groups in total. The SMILES string of the molecule is N#CSc1ccc(N2N=C(c3ccc(Cl)cc3)CC2c2ccccc2)cc1. The van der Waals surface area contributed by atoms with Crippen LogP contribution in [0.4, 0.5) is 5.69 Å². The van der Waals surface area contributed by atoms with Gasteiger partial charge in [-0.1, -0.05) is 54.1 Å². The molecular formula is C22H16ClN3S. The Labute approximate surface area is 167 Å². The van der Waals surface area contributed by atoms with Crippen molar-refractivity contribution in [2.45, 2.75) is 17.4 Å². The zero-order chi connectivity index (χ0) is 18.6. The van der Waals surface area contributed by atoms with Crippen LogP contribution in [0.5, 0.6) is 0 Å². The molecule has 3 nitrogen and oxygen atoms in total. The van der Waals surface area contributed by atoms with Crippen LogP contribution in [0.25, 0.3) is 0 Å². The first kappa shape index (κ1) is 17.7. The van der Waals surface area contributed by atoms with Crippen LogP contribution < -0.4 is 5.01 Å². The van der Waals surface area contributed by atoms with Crippen molar-refractivity contribution < 1.29 is 0 Å². The van der Waals surface area contributed by atoms with Gasteiger partial charge in [-0.3, -0.25) is 5.01 Å². The van der Waals surface area contributed by atoms with Crippen LogP contribution in [0.3, 0.4) is 0 Å². The normalized spacial score (nSPS) is 16.1. The van der Waals surface area contributed by atoms with Gasteiger partial charge >= 0.3 is 0 Å². The van der Waals surface area contributed by atoms with Crippen molar-refractivity contribution in [1.29, 1.82) is 5.26 Å². The van der Waals surface area contributed by atoms with E-state index in [1.54, 1.807) is 0 Å². The van der Waals surface area contributed by atoms with E-state index in [-0.39, 0.29) is 6.04 Å². The lowest BCUT2D eigenvalue weighted by atomic mass is 9.98. The van der Waals surface area contributed by atoms with Crippen molar-refractivity contribution in [1.82, 2.24) is 0 Å². The van der Waals surface area contributed by atoms with Gasteiger partial charge in [0.05, 0.1) is 17.4 Å². The maximum absolute atomic E-state index is 8.84. The molecular weight excluding hydrogens is 374 g/mol. The quantitative estimate of drug-likeness (QED) is 0.390. The van der Waals surface area contributed by atoms with Gasteiger partial charge in [-0.15, -0.1) is 0 Å². The molecule has 0 amide bonds. The predicted octanol–water partition coefficient (Wildman–Crippen LogP) is 6.27. The lowest BCUT2D eigenvalue weighted by Gasteiger charge is -2.24. The largest absolute Gasteiger partial charge is 0.257 e. The molecule has 0 aliphatic carbocycles. The number of thioether (sulfide) groups is 1. The predicted molar refractivity (Wildman–Crippen MR) is 112 cm³/mol. The highest BCUT2D eigenvalue weighted by Gasteiger charge is 2.29. The molecule has 0 aromatic heterocycles. The summed E-state index contributed by atoms with van der Waals surface area (Å²) in [5, 5.41) is 18.7. The minimum atomic E-state index is 0.131. The number of hydrazone groups is 1. The highest BCUT2D eigenvalue weighted by atomic mass is 35.5. The highest BCUT2D eigenvalue weighted by Crippen LogP contribution is 2.37. The van der Waals surface area contributed by atoms with Gasteiger partial charge < -0.3 is 0 Å². The molecule has 0 radical (unpaired) electrons. The molecule has 3 aromatic rings. The van der Waals surface area contributed by atoms with Crippen LogP contribution in [-0.2, 0) is 0 Å². The Bertz CT molecular complexity index is 992. The second kappa shape index (κ2) is 7.87. The molecule has 27 heavy (non-hydrogen) atoms. The molecule has 0 fully saturated rings. The molecule has 132 valence electrons. The number of benzene rings is 3. The lowest BCUT2D eigenvalue weighted by Crippen LogP contribution is -2.18. The number of nitriles is 1. The van der Waals surface area contributed by atoms with Gasteiger partial charge in [-0.05, 0) is 59.3 Å². The molecule has 0 saturated heterocycles. The number of thiocyanates is 1. The summed E-state index contributed by atoms with van der Waals surface area (Å²) in [4.78, 5) is 0.929. The fraction of sp³-hybridized carbons (Fsp3) is 0.0909. The Morgan fingerprint density at radius 3 is 2.33 bits per heavy atom. The number of anilines is 1. The van der Waals surface area contributed by atoms with Gasteiger partial charge in [-0.2, -0.15) is 10.4 Å². The molecule has 1 aliphatic rings. The van der Waals surface area contributed by atoms with Crippen molar-refractivity contribution in [3.8, 4) is 5.40 Å². The third kappa shape index (κ3) is 3.85. The van der Waals surface area contributed by atoms with Crippen molar-refractivity contribution in [2.75, 3.05) is 5.01 Å². The van der Waals surface area contributed by atoms with E-state index >= 15 is 0 Å². The zero-order valence-corrected chi connectivity index (χ0v) is 16.0. The average Bonchev–Trinajstić information content (AvgIpc) is 3.15. The zero-order valence-electron chi connectivity index (χ0n) is 14.4. The van der Waals surface area contributed by atoms with Crippen LogP contribution >= 0.6 is 23.4 Å². The Morgan fingerprint density at radius 1 is 0.963 bits per heavy atom. The van der Waals surface area contributed by atoms with E-state index in [0.29, 0.717) is 0 Å². The Kier molecular flexibility index (Phi) is 5.15. The van der Waals surface area contributed by atoms with Crippen LogP contribution in [0.2, 0.25) is 5.02 Å². The molecule has 1 heterocycles. The van der Waals surface area contributed by atoms with Crippen molar-refractivity contribution in [3.05, 3.63) is 95.0 Å². The number of halogens is 1. The first-order valence-corrected chi connectivity index (χ1v) is 9.77. The summed E-state index contributed by atoms with van der Waals surface area (Å²) in [6.45, 7) is 0. The van der Waals surface area contributed by atoms with Crippen molar-refractivity contribution >= 4 is 34.8 Å². The monoisotopic (exact) mass is 389 g/mol. The number of rotatable bonds is 4. The summed E-state index contributed by atoms with van der Waals surface area (Å²) in [6, 6.07) is 26.3. The molecule has 0 spiro atoms. The van der Waals surface area contributed by atoms with Gasteiger partial charge in [-0.25, -0.2) is 0 Å². The van der Waals surface area contributed by atoms with E-state index in [2.05, 4.69) is 34.7 Å². The van der Waals surface area contributed by atoms with Gasteiger partial charge in [0.25, 0.3) is 0 Å². The highest BCUT2D eigenvalue weighted by molar-refractivity contribution is 8.03. The minimum Gasteiger partial charge on any atom is -0.257 e. The number of nitrogens with zero attached hydrogens (tertiary/aromatic N) is 3. The van der Waals surface area contributed by atoms with E-state index in [1.165, 1.54) is 5.56 Å². The minimum absolute atomic E-state index is 0.131. The van der Waals surface area contributed by atoms with Crippen LogP contribution in [0, 0.1) is 10.7 Å². The van der Waals surface area contributed by atoms with Crippen LogP contribution in [0.15, 0.2) is 88.9 Å². The third-order valence-electron chi connectivity index (χ3n) is 4.54. The fourth-order valence-electron chi connectivity index (χ4n) is 3.22. The maximum Gasteiger partial charge on any atom is 0.138 e. The molecule has 0 saturated carbocycles. The summed E-state index contributed by atoms with van der Waals surface area (Å²) in [7, 11) is 0. The average molecular weight is 390 g/mol. The van der Waals surface area contributed by atoms with E-state index < -0.39 is 0 Å². The maximum atomic E-state index is 8.84. The van der Waals surface area contributed by atoms with E-state index in [1.807, 2.05) is 54.6 Å². The van der Waals surface area contributed by atoms with Gasteiger partial charge in [0, 0.05) is 16.3 Å². The van der Waals surface area contributed by atoms with Crippen LogP contribution in [-0.4, -0.2) is 5.71 Å². The van der Waals surface area contributed by atoms with Crippen molar-refractivity contribution in [3.63, 3.8) is 0 Å². The Balaban J connectivity index is 1.71. The van der Waals surface area contributed by atoms with E-state index in [0.717, 1.165) is 45.1 Å². The summed E-state index contributed by atoms with van der Waals surface area (Å²) < 4.78 is 0. The van der Waals surface area contributed by atoms with Gasteiger partial charge in [0.1, 0.15) is 5.40 Å². The van der Waals surface area contributed by atoms with Crippen molar-refractivity contribution in [2.24, 2.45) is 5.10 Å². The van der Waals surface area contributed by atoms with E-state index in [4.69, 9.17) is 22.0 Å². The summed E-state index contributed by atoms with van der Waals surface area (Å²) in [6.07, 6.45) is 0.820. The standard InChI is InChI=1S/C22H16ClN3S/c23-18-8-6-16(7-9-18)21-14-22(17-4-2-1-3-5-17)26(25-21)19-10-12-20(13-11-19)27-15-24/h1-13,22H,14H2. The topological polar surface area (TPSA) is 39.4 Å². The molecule has 1 aliphatic heterocycles. The third-order valence-corrected chi connectivity index (χ3v) is 5.39. The first-order chi connectivity index (χ1) is 13.2. The summed E-state index contributed by atoms with van der Waals surface area (Å²) in [5.74, 6) is 0. The molecule has 1 atom stereocenters. The fourth-order valence-corrected chi connectivity index (χ4v) is 3.72. The molecule has 5 heteroatoms. The second-order valence-electron chi connectivity index (χ2n) is 6.22. The van der Waals surface area contributed by atoms with Crippen LogP contribution in [0.1, 0.15) is 23.6 Å². The molecule has 3 aromatic carbocycles. The van der Waals surface area contributed by atoms with Gasteiger partial charge in [0.2, 0.25) is 0 Å². The Hall–Kier alpha value is -2.74. The molecule has 1 unspecified atom stereocenters. The lowest BCUT2D eigenvalue weighted by molar-refractivity contribution is 0.708. The summed E-state index contributed by atoms with van der Waals surface area (Å²) in [5.41, 5.74) is 4.35. The number of hydrogen-bond donors (Lipinski definition) is 0. The van der Waals surface area contributed by atoms with E-state index in [9.17, 15) is 0 Å². The molecule has 4 rings (SSSR count). The Morgan fingerprint density at radius 2 is 1.67 bits per heavy atom. The molecule has 0 bridgehead atoms. The second-order valence-corrected chi connectivity index (χ2v) is 7.51. The van der Waals surface area contributed by atoms with Gasteiger partial charge in [0.15, 0.2) is 0 Å². The number of hydrogen-bond acceptors (Lipinski definition) is 4. The first-order valence-electron chi connectivity index (χ1n) is 8.58. The summed E-state index contributed by atoms with van der Waals surface area (Å²) >= 11 is 7.19. The smallest absolute Gasteiger partial charge is 0.138 e.